The van der Waals surface area contributed by atoms with Gasteiger partial charge in [0.15, 0.2) is 11.6 Å². The van der Waals surface area contributed by atoms with Crippen molar-refractivity contribution in [2.45, 2.75) is 52.3 Å². The second-order valence-corrected chi connectivity index (χ2v) is 11.4. The molecule has 1 aromatic carbocycles. The van der Waals surface area contributed by atoms with Crippen molar-refractivity contribution in [2.75, 3.05) is 38.1 Å². The van der Waals surface area contributed by atoms with E-state index < -0.39 is 11.6 Å². The molecule has 0 aliphatic carbocycles. The van der Waals surface area contributed by atoms with Crippen molar-refractivity contribution in [1.29, 1.82) is 0 Å². The van der Waals surface area contributed by atoms with Crippen LogP contribution in [0.5, 0.6) is 0 Å². The van der Waals surface area contributed by atoms with Crippen LogP contribution in [0.1, 0.15) is 44.6 Å². The van der Waals surface area contributed by atoms with E-state index in [2.05, 4.69) is 30.2 Å². The third-order valence-corrected chi connectivity index (χ3v) is 8.02. The number of ether oxygens (including phenoxy) is 1. The van der Waals surface area contributed by atoms with Crippen molar-refractivity contribution in [1.82, 2.24) is 34.3 Å². The van der Waals surface area contributed by atoms with Crippen LogP contribution >= 0.6 is 0 Å². The fourth-order valence-electron chi connectivity index (χ4n) is 6.07. The van der Waals surface area contributed by atoms with Crippen molar-refractivity contribution in [3.8, 4) is 11.3 Å². The lowest BCUT2D eigenvalue weighted by atomic mass is 10.0. The van der Waals surface area contributed by atoms with Crippen LogP contribution < -0.4 is 5.32 Å². The number of aryl methyl sites for hydroxylation is 1. The Morgan fingerprint density at radius 2 is 1.93 bits per heavy atom. The Hall–Kier alpha value is -4.03. The van der Waals surface area contributed by atoms with Crippen LogP contribution in [0.2, 0.25) is 0 Å². The van der Waals surface area contributed by atoms with Crippen LogP contribution in [-0.2, 0) is 16.1 Å². The number of carbonyl (C=O) groups is 1. The van der Waals surface area contributed by atoms with Gasteiger partial charge in [0.05, 0.1) is 24.9 Å². The number of imidazole rings is 1. The number of likely N-dealkylation sites (tertiary alicyclic amines) is 1. The zero-order valence-electron chi connectivity index (χ0n) is 24.2. The van der Waals surface area contributed by atoms with Gasteiger partial charge in [0.2, 0.25) is 11.9 Å². The fourth-order valence-corrected chi connectivity index (χ4v) is 6.07. The van der Waals surface area contributed by atoms with Gasteiger partial charge in [0, 0.05) is 50.9 Å². The van der Waals surface area contributed by atoms with Crippen LogP contribution in [-0.4, -0.2) is 78.6 Å². The molecule has 0 saturated carbocycles. The van der Waals surface area contributed by atoms with Crippen LogP contribution in [0.4, 0.5) is 20.5 Å². The van der Waals surface area contributed by atoms with Crippen LogP contribution in [0, 0.1) is 18.6 Å². The maximum atomic E-state index is 15.0. The Morgan fingerprint density at radius 3 is 2.64 bits per heavy atom. The van der Waals surface area contributed by atoms with Gasteiger partial charge in [0.25, 0.3) is 0 Å². The number of morpholine rings is 1. The standard InChI is InChI=1S/C30H34F2N8O2/c1-18(2)40-19(3)35-28-23(31)11-22(12-25(28)40)27-24(32)14-34-29(37-27)36-26-6-5-21(13-33-26)15-38-9-10-42-30(16-38)7-8-39(17-30)20(4)41/h5-6,11-14,18H,7-10,15-17H2,1-4H3,(H,33,34,36,37)/t30-/m1/s1. The first-order valence-electron chi connectivity index (χ1n) is 14.2. The number of rotatable bonds is 6. The van der Waals surface area contributed by atoms with Gasteiger partial charge in [-0.15, -0.1) is 0 Å². The summed E-state index contributed by atoms with van der Waals surface area (Å²) in [5.41, 5.74) is 1.83. The molecule has 0 unspecified atom stereocenters. The molecule has 0 bridgehead atoms. The van der Waals surface area contributed by atoms with E-state index in [0.717, 1.165) is 37.8 Å². The summed E-state index contributed by atoms with van der Waals surface area (Å²) in [6.45, 7) is 11.6. The van der Waals surface area contributed by atoms with Gasteiger partial charge in [-0.1, -0.05) is 6.07 Å². The van der Waals surface area contributed by atoms with E-state index in [0.29, 0.717) is 42.4 Å². The van der Waals surface area contributed by atoms with Gasteiger partial charge in [-0.2, -0.15) is 0 Å². The summed E-state index contributed by atoms with van der Waals surface area (Å²) in [6, 6.07) is 6.80. The molecule has 2 fully saturated rings. The highest BCUT2D eigenvalue weighted by Gasteiger charge is 2.43. The number of carbonyl (C=O) groups excluding carboxylic acids is 1. The maximum Gasteiger partial charge on any atom is 0.229 e. The van der Waals surface area contributed by atoms with Crippen molar-refractivity contribution in [3.63, 3.8) is 0 Å². The molecular weight excluding hydrogens is 542 g/mol. The van der Waals surface area contributed by atoms with E-state index in [-0.39, 0.29) is 34.7 Å². The Labute approximate surface area is 242 Å². The van der Waals surface area contributed by atoms with Gasteiger partial charge in [0.1, 0.15) is 28.5 Å². The molecule has 12 heteroatoms. The Kier molecular flexibility index (Phi) is 7.36. The molecule has 1 atom stereocenters. The smallest absolute Gasteiger partial charge is 0.229 e. The van der Waals surface area contributed by atoms with Crippen molar-refractivity contribution < 1.29 is 18.3 Å². The number of aromatic nitrogens is 5. The van der Waals surface area contributed by atoms with Crippen molar-refractivity contribution in [2.24, 2.45) is 0 Å². The van der Waals surface area contributed by atoms with E-state index in [1.54, 1.807) is 19.2 Å². The van der Waals surface area contributed by atoms with E-state index in [4.69, 9.17) is 4.74 Å². The summed E-state index contributed by atoms with van der Waals surface area (Å²) in [5, 5.41) is 3.03. The largest absolute Gasteiger partial charge is 0.370 e. The molecule has 42 heavy (non-hydrogen) atoms. The summed E-state index contributed by atoms with van der Waals surface area (Å²) in [5.74, 6) is 0.211. The zero-order valence-corrected chi connectivity index (χ0v) is 24.2. The van der Waals surface area contributed by atoms with Crippen molar-refractivity contribution in [3.05, 3.63) is 59.7 Å². The topological polar surface area (TPSA) is 101 Å². The third-order valence-electron chi connectivity index (χ3n) is 8.02. The monoisotopic (exact) mass is 576 g/mol. The minimum Gasteiger partial charge on any atom is -0.370 e. The zero-order chi connectivity index (χ0) is 29.6. The highest BCUT2D eigenvalue weighted by Crippen LogP contribution is 2.32. The molecule has 3 aromatic heterocycles. The predicted molar refractivity (Wildman–Crippen MR) is 154 cm³/mol. The Bertz CT molecular complexity index is 1640. The van der Waals surface area contributed by atoms with Crippen LogP contribution in [0.25, 0.3) is 22.3 Å². The number of pyridine rings is 1. The molecule has 2 aliphatic rings. The number of amides is 1. The van der Waals surface area contributed by atoms with Gasteiger partial charge in [-0.25, -0.2) is 28.7 Å². The van der Waals surface area contributed by atoms with E-state index in [1.165, 1.54) is 6.07 Å². The van der Waals surface area contributed by atoms with E-state index >= 15 is 4.39 Å². The lowest BCUT2D eigenvalue weighted by Gasteiger charge is -2.40. The molecule has 10 nitrogen and oxygen atoms in total. The fraction of sp³-hybridized carbons (Fsp3) is 0.433. The number of hydrogen-bond donors (Lipinski definition) is 1. The minimum absolute atomic E-state index is 0.0180. The number of halogens is 2. The lowest BCUT2D eigenvalue weighted by molar-refractivity contribution is -0.132. The maximum absolute atomic E-state index is 15.0. The molecule has 220 valence electrons. The normalized spacial score (nSPS) is 19.4. The molecule has 1 N–H and O–H groups in total. The molecular formula is C30H34F2N8O2. The second-order valence-electron chi connectivity index (χ2n) is 11.4. The summed E-state index contributed by atoms with van der Waals surface area (Å²) in [7, 11) is 0. The molecule has 5 heterocycles. The highest BCUT2D eigenvalue weighted by atomic mass is 19.1. The molecule has 4 aromatic rings. The number of anilines is 2. The number of hydrogen-bond acceptors (Lipinski definition) is 8. The lowest BCUT2D eigenvalue weighted by Crippen LogP contribution is -2.53. The first-order chi connectivity index (χ1) is 20.1. The SMILES string of the molecule is CC(=O)N1CC[C@@]2(CN(Cc3ccc(Nc4ncc(F)c(-c5cc(F)c6nc(C)n(C(C)C)c6c5)n4)nc3)CCO2)C1. The molecule has 2 aliphatic heterocycles. The van der Waals surface area contributed by atoms with Gasteiger partial charge in [-0.3, -0.25) is 9.69 Å². The van der Waals surface area contributed by atoms with Gasteiger partial charge < -0.3 is 19.5 Å². The average molecular weight is 577 g/mol. The summed E-state index contributed by atoms with van der Waals surface area (Å²) < 4.78 is 37.9. The second kappa shape index (κ2) is 11.0. The molecule has 1 amide bonds. The first kappa shape index (κ1) is 28.1. The summed E-state index contributed by atoms with van der Waals surface area (Å²) in [4.78, 5) is 33.3. The predicted octanol–water partition coefficient (Wildman–Crippen LogP) is 4.62. The Morgan fingerprint density at radius 1 is 1.10 bits per heavy atom. The number of fused-ring (bicyclic) bond motifs is 1. The van der Waals surface area contributed by atoms with Crippen LogP contribution in [0.3, 0.4) is 0 Å². The first-order valence-corrected chi connectivity index (χ1v) is 14.2. The van der Waals surface area contributed by atoms with E-state index in [9.17, 15) is 9.18 Å². The van der Waals surface area contributed by atoms with E-state index in [1.807, 2.05) is 42.4 Å². The highest BCUT2D eigenvalue weighted by molar-refractivity contribution is 5.83. The molecule has 6 rings (SSSR count). The Balaban J connectivity index is 1.17. The average Bonchev–Trinajstić information content (AvgIpc) is 3.51. The molecule has 2 saturated heterocycles. The molecule has 0 radical (unpaired) electrons. The quantitative estimate of drug-likeness (QED) is 0.355. The minimum atomic E-state index is -0.660. The molecule has 1 spiro atoms. The number of nitrogens with one attached hydrogen (secondary N) is 1. The van der Waals surface area contributed by atoms with Crippen molar-refractivity contribution >= 4 is 28.7 Å². The third kappa shape index (κ3) is 5.43. The summed E-state index contributed by atoms with van der Waals surface area (Å²) in [6.07, 6.45) is 3.69. The van der Waals surface area contributed by atoms with Crippen LogP contribution in [0.15, 0.2) is 36.7 Å². The van der Waals surface area contributed by atoms with Gasteiger partial charge >= 0.3 is 0 Å². The number of nitrogens with zero attached hydrogens (tertiary/aromatic N) is 7. The summed E-state index contributed by atoms with van der Waals surface area (Å²) >= 11 is 0. The number of benzene rings is 1. The van der Waals surface area contributed by atoms with Gasteiger partial charge in [-0.05, 0) is 51.0 Å².